The lowest BCUT2D eigenvalue weighted by molar-refractivity contribution is -0.275. The Bertz CT molecular complexity index is 418. The quantitative estimate of drug-likeness (QED) is 0.614. The molecule has 0 amide bonds. The molecule has 0 unspecified atom stereocenters. The number of carbonyl (C=O) groups is 1. The van der Waals surface area contributed by atoms with Crippen molar-refractivity contribution in [3.63, 3.8) is 0 Å². The number of esters is 1. The van der Waals surface area contributed by atoms with Gasteiger partial charge in [0.15, 0.2) is 0 Å². The van der Waals surface area contributed by atoms with E-state index in [2.05, 4.69) is 9.47 Å². The third kappa shape index (κ3) is 4.80. The summed E-state index contributed by atoms with van der Waals surface area (Å²) in [4.78, 5) is 11.0. The van der Waals surface area contributed by atoms with Crippen molar-refractivity contribution in [1.29, 1.82) is 0 Å². The van der Waals surface area contributed by atoms with Crippen molar-refractivity contribution >= 4 is 28.6 Å². The highest BCUT2D eigenvalue weighted by Gasteiger charge is 2.32. The summed E-state index contributed by atoms with van der Waals surface area (Å²) >= 11 is 1.85. The van der Waals surface area contributed by atoms with Gasteiger partial charge in [0, 0.05) is 9.13 Å². The van der Waals surface area contributed by atoms with Gasteiger partial charge in [0.2, 0.25) is 0 Å². The van der Waals surface area contributed by atoms with Crippen LogP contribution in [0.3, 0.4) is 0 Å². The first-order valence-electron chi connectivity index (χ1n) is 4.43. The van der Waals surface area contributed by atoms with Gasteiger partial charge in [-0.2, -0.15) is 0 Å². The van der Waals surface area contributed by atoms with E-state index in [0.29, 0.717) is 3.57 Å². The molecule has 0 atom stereocenters. The van der Waals surface area contributed by atoms with Crippen LogP contribution in [0.15, 0.2) is 18.2 Å². The molecule has 0 saturated carbocycles. The second-order valence-electron chi connectivity index (χ2n) is 3.05. The third-order valence-corrected chi connectivity index (χ3v) is 2.49. The molecular formula is C10H8F3IO3. The van der Waals surface area contributed by atoms with E-state index >= 15 is 0 Å². The number of rotatable bonds is 3. The van der Waals surface area contributed by atoms with Gasteiger partial charge in [0.1, 0.15) is 5.75 Å². The number of methoxy groups -OCH3 is 1. The second-order valence-corrected chi connectivity index (χ2v) is 4.30. The first-order chi connectivity index (χ1) is 7.81. The number of hydrogen-bond donors (Lipinski definition) is 0. The minimum Gasteiger partial charge on any atom is -0.469 e. The third-order valence-electron chi connectivity index (χ3n) is 1.82. The largest absolute Gasteiger partial charge is 0.573 e. The van der Waals surface area contributed by atoms with Crippen molar-refractivity contribution in [2.24, 2.45) is 0 Å². The van der Waals surface area contributed by atoms with Gasteiger partial charge in [-0.05, 0) is 34.7 Å². The van der Waals surface area contributed by atoms with Crippen molar-refractivity contribution in [2.75, 3.05) is 7.11 Å². The fraction of sp³-hybridized carbons (Fsp3) is 0.300. The first-order valence-corrected chi connectivity index (χ1v) is 5.50. The van der Waals surface area contributed by atoms with Gasteiger partial charge < -0.3 is 9.47 Å². The van der Waals surface area contributed by atoms with Crippen LogP contribution in [-0.2, 0) is 16.0 Å². The zero-order chi connectivity index (χ0) is 13.1. The van der Waals surface area contributed by atoms with Crippen molar-refractivity contribution in [1.82, 2.24) is 0 Å². The molecule has 7 heteroatoms. The molecule has 1 rings (SSSR count). The average molecular weight is 360 g/mol. The Hall–Kier alpha value is -0.990. The molecule has 3 nitrogen and oxygen atoms in total. The number of ether oxygens (including phenoxy) is 2. The summed E-state index contributed by atoms with van der Waals surface area (Å²) in [6.45, 7) is 0. The van der Waals surface area contributed by atoms with Gasteiger partial charge in [0.25, 0.3) is 0 Å². The molecule has 0 fully saturated rings. The van der Waals surface area contributed by atoms with E-state index in [1.54, 1.807) is 6.07 Å². The molecule has 0 aliphatic rings. The average Bonchev–Trinajstić information content (AvgIpc) is 2.19. The summed E-state index contributed by atoms with van der Waals surface area (Å²) in [7, 11) is 1.17. The normalized spacial score (nSPS) is 11.1. The van der Waals surface area contributed by atoms with Crippen molar-refractivity contribution in [2.45, 2.75) is 12.8 Å². The zero-order valence-electron chi connectivity index (χ0n) is 8.68. The van der Waals surface area contributed by atoms with E-state index in [9.17, 15) is 18.0 Å². The standard InChI is InChI=1S/C10H8F3IO3/c1-16-9(15)4-6-2-3-7(14)5-8(6)17-10(11,12)13/h2-3,5H,4H2,1H3. The van der Waals surface area contributed by atoms with Crippen LogP contribution in [0.2, 0.25) is 0 Å². The number of halogens is 4. The van der Waals surface area contributed by atoms with Crippen LogP contribution in [0.25, 0.3) is 0 Å². The van der Waals surface area contributed by atoms with E-state index in [4.69, 9.17) is 0 Å². The highest BCUT2D eigenvalue weighted by Crippen LogP contribution is 2.28. The number of benzene rings is 1. The highest BCUT2D eigenvalue weighted by atomic mass is 127. The lowest BCUT2D eigenvalue weighted by atomic mass is 10.1. The SMILES string of the molecule is COC(=O)Cc1ccc(I)cc1OC(F)(F)F. The molecule has 0 heterocycles. The smallest absolute Gasteiger partial charge is 0.469 e. The molecule has 94 valence electrons. The molecule has 0 saturated heterocycles. The van der Waals surface area contributed by atoms with Gasteiger partial charge in [0.05, 0.1) is 13.5 Å². The Morgan fingerprint density at radius 2 is 2.06 bits per heavy atom. The van der Waals surface area contributed by atoms with E-state index in [1.165, 1.54) is 19.2 Å². The number of alkyl halides is 3. The molecule has 17 heavy (non-hydrogen) atoms. The Kier molecular flexibility index (Phi) is 4.61. The summed E-state index contributed by atoms with van der Waals surface area (Å²) in [6, 6.07) is 4.20. The second kappa shape index (κ2) is 5.56. The van der Waals surface area contributed by atoms with Crippen LogP contribution < -0.4 is 4.74 Å². The van der Waals surface area contributed by atoms with Crippen molar-refractivity contribution in [3.8, 4) is 5.75 Å². The summed E-state index contributed by atoms with van der Waals surface area (Å²) in [6.07, 6.45) is -5.05. The molecule has 1 aromatic rings. The minimum atomic E-state index is -4.78. The van der Waals surface area contributed by atoms with E-state index < -0.39 is 12.3 Å². The molecule has 0 spiro atoms. The maximum atomic E-state index is 12.1. The van der Waals surface area contributed by atoms with Crippen LogP contribution >= 0.6 is 22.6 Å². The fourth-order valence-corrected chi connectivity index (χ4v) is 1.58. The molecule has 0 radical (unpaired) electrons. The van der Waals surface area contributed by atoms with E-state index in [0.717, 1.165) is 0 Å². The van der Waals surface area contributed by atoms with Crippen LogP contribution in [0.4, 0.5) is 13.2 Å². The van der Waals surface area contributed by atoms with Crippen molar-refractivity contribution < 1.29 is 27.4 Å². The van der Waals surface area contributed by atoms with Crippen LogP contribution in [-0.4, -0.2) is 19.4 Å². The Labute approximate surface area is 109 Å². The summed E-state index contributed by atoms with van der Waals surface area (Å²) in [5.41, 5.74) is 0.134. The Balaban J connectivity index is 2.99. The van der Waals surface area contributed by atoms with Gasteiger partial charge in [-0.25, -0.2) is 0 Å². The van der Waals surface area contributed by atoms with Gasteiger partial charge in [-0.1, -0.05) is 6.07 Å². The number of carbonyl (C=O) groups excluding carboxylic acids is 1. The summed E-state index contributed by atoms with van der Waals surface area (Å²) < 4.78 is 45.2. The van der Waals surface area contributed by atoms with E-state index in [-0.39, 0.29) is 17.7 Å². The van der Waals surface area contributed by atoms with Crippen molar-refractivity contribution in [3.05, 3.63) is 27.3 Å². The molecule has 0 bridgehead atoms. The lowest BCUT2D eigenvalue weighted by Gasteiger charge is -2.13. The van der Waals surface area contributed by atoms with Crippen LogP contribution in [0.5, 0.6) is 5.75 Å². The highest BCUT2D eigenvalue weighted by molar-refractivity contribution is 14.1. The Morgan fingerprint density at radius 1 is 1.41 bits per heavy atom. The zero-order valence-corrected chi connectivity index (χ0v) is 10.8. The Morgan fingerprint density at radius 3 is 2.59 bits per heavy atom. The monoisotopic (exact) mass is 360 g/mol. The predicted molar refractivity (Wildman–Crippen MR) is 61.6 cm³/mol. The fourth-order valence-electron chi connectivity index (χ4n) is 1.12. The molecule has 0 aliphatic carbocycles. The minimum absolute atomic E-state index is 0.134. The predicted octanol–water partition coefficient (Wildman–Crippen LogP) is 2.91. The van der Waals surface area contributed by atoms with Crippen LogP contribution in [0, 0.1) is 3.57 Å². The maximum Gasteiger partial charge on any atom is 0.573 e. The lowest BCUT2D eigenvalue weighted by Crippen LogP contribution is -2.19. The summed E-state index contributed by atoms with van der Waals surface area (Å²) in [5, 5.41) is 0. The van der Waals surface area contributed by atoms with Gasteiger partial charge >= 0.3 is 12.3 Å². The summed E-state index contributed by atoms with van der Waals surface area (Å²) in [5.74, 6) is -1.01. The van der Waals surface area contributed by atoms with Gasteiger partial charge in [-0.15, -0.1) is 13.2 Å². The number of hydrogen-bond acceptors (Lipinski definition) is 3. The molecular weight excluding hydrogens is 352 g/mol. The molecule has 1 aromatic carbocycles. The topological polar surface area (TPSA) is 35.5 Å². The molecule has 0 aliphatic heterocycles. The maximum absolute atomic E-state index is 12.1. The molecule has 0 aromatic heterocycles. The van der Waals surface area contributed by atoms with Gasteiger partial charge in [-0.3, -0.25) is 4.79 Å². The first kappa shape index (κ1) is 14.1. The van der Waals surface area contributed by atoms with Crippen LogP contribution in [0.1, 0.15) is 5.56 Å². The molecule has 0 N–H and O–H groups in total. The van der Waals surface area contributed by atoms with E-state index in [1.807, 2.05) is 22.6 Å².